The molecule has 2 heterocycles. The lowest BCUT2D eigenvalue weighted by atomic mass is 10.3. The lowest BCUT2D eigenvalue weighted by Gasteiger charge is -2.20. The molecular formula is C16H20F3N3O2S. The van der Waals surface area contributed by atoms with Crippen molar-refractivity contribution in [3.05, 3.63) is 28.8 Å². The maximum Gasteiger partial charge on any atom is 0.433 e. The molecule has 0 aliphatic heterocycles. The summed E-state index contributed by atoms with van der Waals surface area (Å²) in [5, 5.41) is 13.0. The molecule has 1 N–H and O–H groups in total. The Morgan fingerprint density at radius 3 is 2.64 bits per heavy atom. The molecule has 2 aromatic rings. The van der Waals surface area contributed by atoms with E-state index in [1.807, 2.05) is 6.92 Å². The van der Waals surface area contributed by atoms with E-state index >= 15 is 0 Å². The molecule has 0 aliphatic rings. The molecule has 0 bridgehead atoms. The van der Waals surface area contributed by atoms with E-state index in [9.17, 15) is 18.0 Å². The summed E-state index contributed by atoms with van der Waals surface area (Å²) in [5.41, 5.74) is -0.658. The molecule has 0 atom stereocenters. The second-order valence-corrected chi connectivity index (χ2v) is 6.65. The number of unbranched alkanes of at least 4 members (excludes halogenated alkanes) is 1. The number of carbonyl (C=O) groups excluding carboxylic acids is 1. The number of hydrogen-bond acceptors (Lipinski definition) is 4. The summed E-state index contributed by atoms with van der Waals surface area (Å²) in [7, 11) is 1.24. The van der Waals surface area contributed by atoms with Crippen molar-refractivity contribution in [2.45, 2.75) is 25.9 Å². The van der Waals surface area contributed by atoms with Crippen LogP contribution in [-0.2, 0) is 13.2 Å². The SMILES string of the molecule is CCCCN(CCO)C(=O)c1ccc(-c2cc(C(F)(F)F)n(C)n2)s1. The average molecular weight is 375 g/mol. The average Bonchev–Trinajstić information content (AvgIpc) is 3.16. The van der Waals surface area contributed by atoms with E-state index in [0.29, 0.717) is 16.3 Å². The van der Waals surface area contributed by atoms with Gasteiger partial charge in [-0.15, -0.1) is 11.3 Å². The van der Waals surface area contributed by atoms with E-state index in [2.05, 4.69) is 5.10 Å². The molecular weight excluding hydrogens is 355 g/mol. The number of aromatic nitrogens is 2. The molecule has 138 valence electrons. The number of aliphatic hydroxyl groups excluding tert-OH is 1. The molecule has 25 heavy (non-hydrogen) atoms. The number of thiophene rings is 1. The van der Waals surface area contributed by atoms with Crippen LogP contribution in [0.5, 0.6) is 0 Å². The number of nitrogens with zero attached hydrogens (tertiary/aromatic N) is 3. The first-order valence-electron chi connectivity index (χ1n) is 7.89. The van der Waals surface area contributed by atoms with Crippen molar-refractivity contribution in [2.75, 3.05) is 19.7 Å². The fourth-order valence-corrected chi connectivity index (χ4v) is 3.31. The van der Waals surface area contributed by atoms with Gasteiger partial charge in [-0.05, 0) is 24.6 Å². The van der Waals surface area contributed by atoms with Gasteiger partial charge in [0.15, 0.2) is 0 Å². The molecule has 0 radical (unpaired) electrons. The molecule has 0 unspecified atom stereocenters. The zero-order valence-corrected chi connectivity index (χ0v) is 14.8. The highest BCUT2D eigenvalue weighted by Gasteiger charge is 2.35. The van der Waals surface area contributed by atoms with Gasteiger partial charge in [0, 0.05) is 20.1 Å². The monoisotopic (exact) mass is 375 g/mol. The van der Waals surface area contributed by atoms with Gasteiger partial charge in [0.1, 0.15) is 11.4 Å². The smallest absolute Gasteiger partial charge is 0.395 e. The fourth-order valence-electron chi connectivity index (χ4n) is 2.38. The van der Waals surface area contributed by atoms with Crippen LogP contribution in [-0.4, -0.2) is 45.4 Å². The van der Waals surface area contributed by atoms with Crippen molar-refractivity contribution in [3.63, 3.8) is 0 Å². The highest BCUT2D eigenvalue weighted by molar-refractivity contribution is 7.17. The summed E-state index contributed by atoms with van der Waals surface area (Å²) < 4.78 is 39.4. The number of aryl methyl sites for hydroxylation is 1. The second kappa shape index (κ2) is 8.01. The third kappa shape index (κ3) is 4.60. The summed E-state index contributed by atoms with van der Waals surface area (Å²) in [5.74, 6) is -0.231. The first kappa shape index (κ1) is 19.5. The zero-order chi connectivity index (χ0) is 18.6. The van der Waals surface area contributed by atoms with E-state index in [1.165, 1.54) is 7.05 Å². The Morgan fingerprint density at radius 2 is 2.08 bits per heavy atom. The normalized spacial score (nSPS) is 11.8. The van der Waals surface area contributed by atoms with Gasteiger partial charge in [-0.2, -0.15) is 18.3 Å². The van der Waals surface area contributed by atoms with Gasteiger partial charge >= 0.3 is 6.18 Å². The number of carbonyl (C=O) groups is 1. The van der Waals surface area contributed by atoms with Crippen LogP contribution in [0.2, 0.25) is 0 Å². The highest BCUT2D eigenvalue weighted by Crippen LogP contribution is 2.34. The van der Waals surface area contributed by atoms with E-state index in [-0.39, 0.29) is 24.8 Å². The Labute approximate surface area is 147 Å². The standard InChI is InChI=1S/C16H20F3N3O2S/c1-3-4-7-22(8-9-23)15(24)13-6-5-12(25-13)11-10-14(16(17,18)19)21(2)20-11/h5-6,10,23H,3-4,7-9H2,1-2H3. The van der Waals surface area contributed by atoms with E-state index < -0.39 is 11.9 Å². The van der Waals surface area contributed by atoms with Crippen molar-refractivity contribution in [1.29, 1.82) is 0 Å². The lowest BCUT2D eigenvalue weighted by molar-refractivity contribution is -0.143. The van der Waals surface area contributed by atoms with Crippen LogP contribution in [0.4, 0.5) is 13.2 Å². The largest absolute Gasteiger partial charge is 0.433 e. The maximum atomic E-state index is 12.9. The predicted octanol–water partition coefficient (Wildman–Crippen LogP) is 3.40. The highest BCUT2D eigenvalue weighted by atomic mass is 32.1. The Morgan fingerprint density at radius 1 is 1.36 bits per heavy atom. The molecule has 9 heteroatoms. The predicted molar refractivity (Wildman–Crippen MR) is 89.4 cm³/mol. The first-order valence-corrected chi connectivity index (χ1v) is 8.71. The molecule has 0 aliphatic carbocycles. The number of halogens is 3. The van der Waals surface area contributed by atoms with Crippen LogP contribution < -0.4 is 0 Å². The number of hydrogen-bond donors (Lipinski definition) is 1. The number of amides is 1. The van der Waals surface area contributed by atoms with Crippen LogP contribution in [0, 0.1) is 0 Å². The molecule has 2 rings (SSSR count). The third-order valence-corrected chi connectivity index (χ3v) is 4.77. The Kier molecular flexibility index (Phi) is 6.23. The van der Waals surface area contributed by atoms with Crippen LogP contribution in [0.3, 0.4) is 0 Å². The Bertz CT molecular complexity index is 725. The third-order valence-electron chi connectivity index (χ3n) is 3.68. The lowest BCUT2D eigenvalue weighted by Crippen LogP contribution is -2.33. The van der Waals surface area contributed by atoms with Crippen molar-refractivity contribution in [1.82, 2.24) is 14.7 Å². The van der Waals surface area contributed by atoms with Crippen molar-refractivity contribution >= 4 is 17.2 Å². The Hall–Kier alpha value is -1.87. The molecule has 5 nitrogen and oxygen atoms in total. The second-order valence-electron chi connectivity index (χ2n) is 5.57. The summed E-state index contributed by atoms with van der Waals surface area (Å²) in [6, 6.07) is 4.15. The zero-order valence-electron chi connectivity index (χ0n) is 14.0. The molecule has 0 aromatic carbocycles. The summed E-state index contributed by atoms with van der Waals surface area (Å²) >= 11 is 1.10. The number of alkyl halides is 3. The van der Waals surface area contributed by atoms with Crippen LogP contribution in [0.1, 0.15) is 35.1 Å². The van der Waals surface area contributed by atoms with Gasteiger partial charge in [-0.3, -0.25) is 9.48 Å². The molecule has 0 fully saturated rings. The number of rotatable bonds is 7. The van der Waals surface area contributed by atoms with Gasteiger partial charge in [-0.1, -0.05) is 13.3 Å². The summed E-state index contributed by atoms with van der Waals surface area (Å²) in [6.07, 6.45) is -2.74. The molecule has 0 saturated heterocycles. The summed E-state index contributed by atoms with van der Waals surface area (Å²) in [6.45, 7) is 2.63. The maximum absolute atomic E-state index is 12.9. The molecule has 0 saturated carbocycles. The van der Waals surface area contributed by atoms with Gasteiger partial charge in [-0.25, -0.2) is 0 Å². The van der Waals surface area contributed by atoms with Gasteiger partial charge < -0.3 is 10.0 Å². The van der Waals surface area contributed by atoms with Crippen LogP contribution in [0.15, 0.2) is 18.2 Å². The van der Waals surface area contributed by atoms with E-state index in [4.69, 9.17) is 5.11 Å². The molecule has 2 aromatic heterocycles. The minimum atomic E-state index is -4.48. The van der Waals surface area contributed by atoms with Crippen molar-refractivity contribution < 1.29 is 23.1 Å². The molecule has 1 amide bonds. The minimum Gasteiger partial charge on any atom is -0.395 e. The topological polar surface area (TPSA) is 58.4 Å². The van der Waals surface area contributed by atoms with Gasteiger partial charge in [0.25, 0.3) is 5.91 Å². The quantitative estimate of drug-likeness (QED) is 0.807. The van der Waals surface area contributed by atoms with Crippen LogP contribution in [0.25, 0.3) is 10.6 Å². The number of aliphatic hydroxyl groups is 1. The van der Waals surface area contributed by atoms with Gasteiger partial charge in [0.05, 0.1) is 16.4 Å². The first-order chi connectivity index (χ1) is 11.8. The van der Waals surface area contributed by atoms with Gasteiger partial charge in [0.2, 0.25) is 0 Å². The van der Waals surface area contributed by atoms with E-state index in [1.54, 1.807) is 17.0 Å². The van der Waals surface area contributed by atoms with E-state index in [0.717, 1.165) is 34.9 Å². The Balaban J connectivity index is 2.23. The minimum absolute atomic E-state index is 0.136. The fraction of sp³-hybridized carbons (Fsp3) is 0.500. The van der Waals surface area contributed by atoms with Crippen molar-refractivity contribution in [3.8, 4) is 10.6 Å². The molecule has 0 spiro atoms. The van der Waals surface area contributed by atoms with Crippen LogP contribution >= 0.6 is 11.3 Å². The summed E-state index contributed by atoms with van der Waals surface area (Å²) in [4.78, 5) is 15.0. The van der Waals surface area contributed by atoms with Crippen molar-refractivity contribution in [2.24, 2.45) is 7.05 Å².